The molecule has 0 fully saturated rings. The minimum atomic E-state index is -4.76. The van der Waals surface area contributed by atoms with Crippen LogP contribution >= 0.6 is 0 Å². The lowest BCUT2D eigenvalue weighted by atomic mass is 10.1. The Bertz CT molecular complexity index is 718. The van der Waals surface area contributed by atoms with Crippen LogP contribution in [0.1, 0.15) is 5.56 Å². The van der Waals surface area contributed by atoms with Crippen LogP contribution in [0.25, 0.3) is 5.57 Å². The third-order valence-corrected chi connectivity index (χ3v) is 2.80. The zero-order valence-corrected chi connectivity index (χ0v) is 11.5. The van der Waals surface area contributed by atoms with Gasteiger partial charge in [0.1, 0.15) is 11.6 Å². The number of nitrogens with one attached hydrogen (secondary N) is 1. The van der Waals surface area contributed by atoms with Crippen LogP contribution in [0.15, 0.2) is 54.6 Å². The average Bonchev–Trinajstić information content (AvgIpc) is 2.43. The van der Waals surface area contributed by atoms with Gasteiger partial charge in [-0.2, -0.15) is 13.2 Å². The van der Waals surface area contributed by atoms with Gasteiger partial charge in [0, 0.05) is 17.8 Å². The molecule has 0 aliphatic carbocycles. The molecule has 0 unspecified atom stereocenters. The lowest BCUT2D eigenvalue weighted by Gasteiger charge is -2.12. The highest BCUT2D eigenvalue weighted by atomic mass is 19.4. The number of carbonyl (C=O) groups is 1. The number of rotatable bonds is 3. The van der Waals surface area contributed by atoms with Crippen molar-refractivity contribution < 1.29 is 26.7 Å². The van der Waals surface area contributed by atoms with Crippen LogP contribution in [0.4, 0.5) is 27.6 Å². The highest BCUT2D eigenvalue weighted by Crippen LogP contribution is 2.33. The predicted molar refractivity (Wildman–Crippen MR) is 75.5 cm³/mol. The summed E-state index contributed by atoms with van der Waals surface area (Å²) in [5.41, 5.74) is -1.63. The molecule has 2 rings (SSSR count). The van der Waals surface area contributed by atoms with Gasteiger partial charge < -0.3 is 5.32 Å². The van der Waals surface area contributed by atoms with Crippen LogP contribution in [0, 0.1) is 11.6 Å². The van der Waals surface area contributed by atoms with E-state index in [1.54, 1.807) is 0 Å². The van der Waals surface area contributed by atoms with E-state index in [1.807, 2.05) is 5.32 Å². The molecule has 7 heteroatoms. The lowest BCUT2D eigenvalue weighted by molar-refractivity contribution is -0.112. The molecule has 2 aromatic rings. The Hall–Kier alpha value is -2.70. The second-order valence-electron chi connectivity index (χ2n) is 4.57. The number of hydrogen-bond donors (Lipinski definition) is 1. The van der Waals surface area contributed by atoms with Gasteiger partial charge in [-0.25, -0.2) is 8.78 Å². The smallest absolute Gasteiger partial charge is 0.322 e. The Balaban J connectivity index is 2.30. The molecule has 0 bridgehead atoms. The fourth-order valence-electron chi connectivity index (χ4n) is 1.88. The first-order valence-electron chi connectivity index (χ1n) is 6.37. The molecule has 0 heterocycles. The van der Waals surface area contributed by atoms with Crippen molar-refractivity contribution in [2.45, 2.75) is 6.18 Å². The van der Waals surface area contributed by atoms with Crippen LogP contribution < -0.4 is 5.32 Å². The van der Waals surface area contributed by atoms with Crippen molar-refractivity contribution in [2.24, 2.45) is 0 Å². The summed E-state index contributed by atoms with van der Waals surface area (Å²) in [6, 6.07) is 8.91. The van der Waals surface area contributed by atoms with E-state index >= 15 is 0 Å². The maximum atomic E-state index is 13.1. The summed E-state index contributed by atoms with van der Waals surface area (Å²) in [5.74, 6) is -3.06. The summed E-state index contributed by atoms with van der Waals surface area (Å²) in [7, 11) is 0. The van der Waals surface area contributed by atoms with Gasteiger partial charge in [-0.3, -0.25) is 4.79 Å². The SMILES string of the molecule is O=C(/C=C(/c1ccccc1)C(F)(F)F)Nc1cc(F)cc(F)c1. The fourth-order valence-corrected chi connectivity index (χ4v) is 1.88. The number of anilines is 1. The number of benzene rings is 2. The van der Waals surface area contributed by atoms with Gasteiger partial charge in [-0.05, 0) is 17.7 Å². The average molecular weight is 327 g/mol. The first-order valence-corrected chi connectivity index (χ1v) is 6.37. The van der Waals surface area contributed by atoms with Crippen molar-refractivity contribution in [1.82, 2.24) is 0 Å². The van der Waals surface area contributed by atoms with Gasteiger partial charge >= 0.3 is 6.18 Å². The van der Waals surface area contributed by atoms with Crippen molar-refractivity contribution in [2.75, 3.05) is 5.32 Å². The van der Waals surface area contributed by atoms with Gasteiger partial charge in [0.15, 0.2) is 0 Å². The molecule has 0 aliphatic rings. The van der Waals surface area contributed by atoms with Crippen LogP contribution in [-0.2, 0) is 4.79 Å². The minimum Gasteiger partial charge on any atom is -0.322 e. The molecular formula is C16H10F5NO. The monoisotopic (exact) mass is 327 g/mol. The Morgan fingerprint density at radius 2 is 1.52 bits per heavy atom. The van der Waals surface area contributed by atoms with E-state index in [2.05, 4.69) is 0 Å². The normalized spacial score (nSPS) is 12.1. The molecule has 0 aromatic heterocycles. The van der Waals surface area contributed by atoms with E-state index in [-0.39, 0.29) is 11.3 Å². The molecule has 0 spiro atoms. The standard InChI is InChI=1S/C16H10F5NO/c17-11-6-12(18)8-13(7-11)22-15(23)9-14(16(19,20)21)10-4-2-1-3-5-10/h1-9H,(H,22,23)/b14-9-. The number of hydrogen-bond acceptors (Lipinski definition) is 1. The third-order valence-electron chi connectivity index (χ3n) is 2.80. The van der Waals surface area contributed by atoms with E-state index in [4.69, 9.17) is 0 Å². The molecule has 0 saturated heterocycles. The van der Waals surface area contributed by atoms with Crippen molar-refractivity contribution in [3.63, 3.8) is 0 Å². The maximum absolute atomic E-state index is 13.1. The lowest BCUT2D eigenvalue weighted by Crippen LogP contribution is -2.16. The molecule has 0 saturated carbocycles. The second kappa shape index (κ2) is 6.60. The zero-order valence-electron chi connectivity index (χ0n) is 11.5. The molecule has 1 amide bonds. The summed E-state index contributed by atoms with van der Waals surface area (Å²) >= 11 is 0. The van der Waals surface area contributed by atoms with E-state index in [9.17, 15) is 26.7 Å². The van der Waals surface area contributed by atoms with E-state index in [0.717, 1.165) is 12.1 Å². The summed E-state index contributed by atoms with van der Waals surface area (Å²) in [6.07, 6.45) is -4.41. The van der Waals surface area contributed by atoms with Crippen LogP contribution in [-0.4, -0.2) is 12.1 Å². The van der Waals surface area contributed by atoms with Crippen molar-refractivity contribution in [3.8, 4) is 0 Å². The topological polar surface area (TPSA) is 29.1 Å². The summed E-state index contributed by atoms with van der Waals surface area (Å²) in [4.78, 5) is 11.7. The largest absolute Gasteiger partial charge is 0.417 e. The second-order valence-corrected chi connectivity index (χ2v) is 4.57. The van der Waals surface area contributed by atoms with Crippen molar-refractivity contribution >= 4 is 17.2 Å². The molecular weight excluding hydrogens is 317 g/mol. The Morgan fingerprint density at radius 3 is 2.04 bits per heavy atom. The van der Waals surface area contributed by atoms with Gasteiger partial charge in [-0.15, -0.1) is 0 Å². The van der Waals surface area contributed by atoms with Crippen molar-refractivity contribution in [1.29, 1.82) is 0 Å². The number of carbonyl (C=O) groups excluding carboxylic acids is 1. The molecule has 1 N–H and O–H groups in total. The molecule has 0 radical (unpaired) electrons. The summed E-state index contributed by atoms with van der Waals surface area (Å²) in [6.45, 7) is 0. The third kappa shape index (κ3) is 4.64. The Labute approximate surface area is 128 Å². The Kier molecular flexibility index (Phi) is 4.78. The van der Waals surface area contributed by atoms with Crippen molar-refractivity contribution in [3.05, 3.63) is 71.8 Å². The first-order chi connectivity index (χ1) is 10.8. The van der Waals surface area contributed by atoms with Crippen LogP contribution in [0.5, 0.6) is 0 Å². The Morgan fingerprint density at radius 1 is 0.957 bits per heavy atom. The molecule has 0 atom stereocenters. The first kappa shape index (κ1) is 16.7. The quantitative estimate of drug-likeness (QED) is 0.650. The molecule has 0 aliphatic heterocycles. The van der Waals surface area contributed by atoms with E-state index in [0.29, 0.717) is 12.1 Å². The number of amides is 1. The molecule has 23 heavy (non-hydrogen) atoms. The zero-order chi connectivity index (χ0) is 17.0. The number of alkyl halides is 3. The van der Waals surface area contributed by atoms with Crippen LogP contribution in [0.3, 0.4) is 0 Å². The number of allylic oxidation sites excluding steroid dienone is 1. The highest BCUT2D eigenvalue weighted by Gasteiger charge is 2.35. The van der Waals surface area contributed by atoms with Gasteiger partial charge in [0.2, 0.25) is 5.91 Å². The fraction of sp³-hybridized carbons (Fsp3) is 0.0625. The molecule has 2 aromatic carbocycles. The summed E-state index contributed by atoms with van der Waals surface area (Å²) in [5, 5.41) is 2.00. The van der Waals surface area contributed by atoms with Gasteiger partial charge in [0.05, 0.1) is 5.57 Å². The summed E-state index contributed by atoms with van der Waals surface area (Å²) < 4.78 is 65.2. The number of halogens is 5. The van der Waals surface area contributed by atoms with Gasteiger partial charge in [0.25, 0.3) is 0 Å². The molecule has 120 valence electrons. The van der Waals surface area contributed by atoms with E-state index in [1.165, 1.54) is 30.3 Å². The molecule has 2 nitrogen and oxygen atoms in total. The van der Waals surface area contributed by atoms with E-state index < -0.39 is 29.3 Å². The predicted octanol–water partition coefficient (Wildman–Crippen LogP) is 4.55. The minimum absolute atomic E-state index is 0.194. The van der Waals surface area contributed by atoms with Gasteiger partial charge in [-0.1, -0.05) is 30.3 Å². The maximum Gasteiger partial charge on any atom is 0.417 e. The highest BCUT2D eigenvalue weighted by molar-refractivity contribution is 6.04. The van der Waals surface area contributed by atoms with Crippen LogP contribution in [0.2, 0.25) is 0 Å².